The van der Waals surface area contributed by atoms with Crippen LogP contribution in [0.15, 0.2) is 18.2 Å². The molecule has 0 radical (unpaired) electrons. The normalized spacial score (nSPS) is 16.3. The van der Waals surface area contributed by atoms with E-state index in [0.29, 0.717) is 23.4 Å². The van der Waals surface area contributed by atoms with Crippen molar-refractivity contribution >= 4 is 21.6 Å². The van der Waals surface area contributed by atoms with Crippen LogP contribution in [0.2, 0.25) is 0 Å². The summed E-state index contributed by atoms with van der Waals surface area (Å²) in [5, 5.41) is 0.433. The van der Waals surface area contributed by atoms with E-state index in [1.165, 1.54) is 12.5 Å². The Labute approximate surface area is 119 Å². The largest absolute Gasteiger partial charge is 0.418 e. The first-order chi connectivity index (χ1) is 8.91. The van der Waals surface area contributed by atoms with E-state index in [1.807, 2.05) is 0 Å². The lowest BCUT2D eigenvalue weighted by Gasteiger charge is -2.32. The van der Waals surface area contributed by atoms with Crippen LogP contribution in [-0.2, 0) is 11.5 Å². The van der Waals surface area contributed by atoms with Gasteiger partial charge in [-0.25, -0.2) is 0 Å². The molecule has 19 heavy (non-hydrogen) atoms. The molecule has 1 aromatic carbocycles. The molecule has 5 heteroatoms. The maximum absolute atomic E-state index is 13.1. The maximum Gasteiger partial charge on any atom is 0.418 e. The Bertz CT molecular complexity index is 441. The molecule has 0 spiro atoms. The van der Waals surface area contributed by atoms with E-state index < -0.39 is 11.7 Å². The van der Waals surface area contributed by atoms with E-state index in [-0.39, 0.29) is 5.69 Å². The Balaban J connectivity index is 2.26. The van der Waals surface area contributed by atoms with Crippen LogP contribution in [0.1, 0.15) is 30.4 Å². The van der Waals surface area contributed by atoms with Crippen molar-refractivity contribution in [3.05, 3.63) is 29.3 Å². The van der Waals surface area contributed by atoms with Gasteiger partial charge >= 0.3 is 6.18 Å². The fraction of sp³-hybridized carbons (Fsp3) is 0.571. The van der Waals surface area contributed by atoms with E-state index in [1.54, 1.807) is 24.1 Å². The van der Waals surface area contributed by atoms with Crippen molar-refractivity contribution in [1.29, 1.82) is 0 Å². The van der Waals surface area contributed by atoms with Gasteiger partial charge in [0.25, 0.3) is 0 Å². The van der Waals surface area contributed by atoms with Crippen molar-refractivity contribution in [3.63, 3.8) is 0 Å². The highest BCUT2D eigenvalue weighted by atomic mass is 79.9. The second-order valence-corrected chi connectivity index (χ2v) is 5.72. The summed E-state index contributed by atoms with van der Waals surface area (Å²) in [6.45, 7) is 0.705. The first-order valence-corrected chi connectivity index (χ1v) is 7.51. The van der Waals surface area contributed by atoms with Gasteiger partial charge in [0.2, 0.25) is 0 Å². The molecular weight excluding hydrogens is 319 g/mol. The molecule has 2 rings (SSSR count). The third-order valence-electron chi connectivity index (χ3n) is 3.69. The van der Waals surface area contributed by atoms with Crippen LogP contribution in [0, 0.1) is 5.92 Å². The molecule has 0 atom stereocenters. The molecule has 0 saturated heterocycles. The molecular formula is C14H17BrF3N. The first kappa shape index (κ1) is 14.7. The highest BCUT2D eigenvalue weighted by Crippen LogP contribution is 2.38. The summed E-state index contributed by atoms with van der Waals surface area (Å²) in [5.41, 5.74) is 0.392. The van der Waals surface area contributed by atoms with E-state index >= 15 is 0 Å². The third kappa shape index (κ3) is 3.44. The lowest BCUT2D eigenvalue weighted by Crippen LogP contribution is -2.30. The summed E-state index contributed by atoms with van der Waals surface area (Å²) in [6.07, 6.45) is -0.842. The fourth-order valence-corrected chi connectivity index (χ4v) is 2.74. The van der Waals surface area contributed by atoms with Crippen molar-refractivity contribution in [2.45, 2.75) is 30.8 Å². The molecule has 1 aliphatic rings. The molecule has 1 saturated carbocycles. The Kier molecular flexibility index (Phi) is 4.43. The van der Waals surface area contributed by atoms with Gasteiger partial charge in [-0.15, -0.1) is 0 Å². The first-order valence-electron chi connectivity index (χ1n) is 6.39. The van der Waals surface area contributed by atoms with Gasteiger partial charge in [0.1, 0.15) is 0 Å². The number of hydrogen-bond acceptors (Lipinski definition) is 1. The minimum Gasteiger partial charge on any atom is -0.374 e. The summed E-state index contributed by atoms with van der Waals surface area (Å²) >= 11 is 3.20. The van der Waals surface area contributed by atoms with Gasteiger partial charge in [-0.05, 0) is 36.5 Å². The predicted octanol–water partition coefficient (Wildman–Crippen LogP) is 4.84. The van der Waals surface area contributed by atoms with Gasteiger partial charge in [0, 0.05) is 24.6 Å². The van der Waals surface area contributed by atoms with E-state index in [0.717, 1.165) is 12.8 Å². The van der Waals surface area contributed by atoms with Crippen LogP contribution >= 0.6 is 15.9 Å². The lowest BCUT2D eigenvalue weighted by atomic mass is 9.85. The molecule has 1 fully saturated rings. The Hall–Kier alpha value is -0.710. The average molecular weight is 336 g/mol. The summed E-state index contributed by atoms with van der Waals surface area (Å²) in [6, 6.07) is 4.57. The summed E-state index contributed by atoms with van der Waals surface area (Å²) in [5.74, 6) is 0.543. The number of rotatable bonds is 4. The smallest absolute Gasteiger partial charge is 0.374 e. The second-order valence-electron chi connectivity index (χ2n) is 5.16. The zero-order valence-electron chi connectivity index (χ0n) is 10.8. The number of nitrogens with zero attached hydrogens (tertiary/aromatic N) is 1. The van der Waals surface area contributed by atoms with Crippen LogP contribution in [0.4, 0.5) is 18.9 Å². The molecule has 0 heterocycles. The van der Waals surface area contributed by atoms with Gasteiger partial charge in [-0.3, -0.25) is 0 Å². The number of anilines is 1. The van der Waals surface area contributed by atoms with Crippen LogP contribution in [0.5, 0.6) is 0 Å². The van der Waals surface area contributed by atoms with Gasteiger partial charge in [-0.1, -0.05) is 28.4 Å². The van der Waals surface area contributed by atoms with Crippen molar-refractivity contribution < 1.29 is 13.2 Å². The molecule has 0 amide bonds. The monoisotopic (exact) mass is 335 g/mol. The van der Waals surface area contributed by atoms with Crippen molar-refractivity contribution in [3.8, 4) is 0 Å². The van der Waals surface area contributed by atoms with Gasteiger partial charge in [0.15, 0.2) is 0 Å². The maximum atomic E-state index is 13.1. The third-order valence-corrected chi connectivity index (χ3v) is 4.34. The van der Waals surface area contributed by atoms with Crippen LogP contribution < -0.4 is 4.90 Å². The van der Waals surface area contributed by atoms with E-state index in [9.17, 15) is 13.2 Å². The molecule has 0 N–H and O–H groups in total. The van der Waals surface area contributed by atoms with Crippen molar-refractivity contribution in [2.75, 3.05) is 18.5 Å². The summed E-state index contributed by atoms with van der Waals surface area (Å²) < 4.78 is 39.3. The zero-order chi connectivity index (χ0) is 14.0. The minimum atomic E-state index is -4.30. The highest BCUT2D eigenvalue weighted by Gasteiger charge is 2.35. The Morgan fingerprint density at radius 1 is 1.32 bits per heavy atom. The van der Waals surface area contributed by atoms with E-state index in [4.69, 9.17) is 0 Å². The van der Waals surface area contributed by atoms with Crippen LogP contribution in [-0.4, -0.2) is 13.6 Å². The molecule has 1 nitrogen and oxygen atoms in total. The number of benzene rings is 1. The number of hydrogen-bond donors (Lipinski definition) is 0. The quantitative estimate of drug-likeness (QED) is 0.712. The summed E-state index contributed by atoms with van der Waals surface area (Å²) in [4.78, 5) is 1.74. The van der Waals surface area contributed by atoms with Crippen molar-refractivity contribution in [1.82, 2.24) is 0 Å². The molecule has 0 unspecified atom stereocenters. The molecule has 1 aromatic rings. The highest BCUT2D eigenvalue weighted by molar-refractivity contribution is 9.08. The van der Waals surface area contributed by atoms with Gasteiger partial charge in [-0.2, -0.15) is 13.2 Å². The summed E-state index contributed by atoms with van der Waals surface area (Å²) in [7, 11) is 1.75. The molecule has 0 bridgehead atoms. The average Bonchev–Trinajstić information content (AvgIpc) is 2.31. The van der Waals surface area contributed by atoms with Gasteiger partial charge < -0.3 is 4.90 Å². The second kappa shape index (κ2) is 5.73. The predicted molar refractivity (Wildman–Crippen MR) is 74.7 cm³/mol. The van der Waals surface area contributed by atoms with E-state index in [2.05, 4.69) is 15.9 Å². The topological polar surface area (TPSA) is 3.24 Å². The molecule has 1 aliphatic carbocycles. The molecule has 0 aromatic heterocycles. The molecule has 0 aliphatic heterocycles. The van der Waals surface area contributed by atoms with Gasteiger partial charge in [0.05, 0.1) is 5.56 Å². The molecule has 106 valence electrons. The lowest BCUT2D eigenvalue weighted by molar-refractivity contribution is -0.137. The SMILES string of the molecule is CN(CC1CCC1)c1ccc(CBr)cc1C(F)(F)F. The van der Waals surface area contributed by atoms with Crippen molar-refractivity contribution in [2.24, 2.45) is 5.92 Å². The number of halogens is 4. The number of alkyl halides is 4. The van der Waals surface area contributed by atoms with Crippen LogP contribution in [0.25, 0.3) is 0 Å². The van der Waals surface area contributed by atoms with Crippen LogP contribution in [0.3, 0.4) is 0 Å². The Morgan fingerprint density at radius 3 is 2.47 bits per heavy atom. The zero-order valence-corrected chi connectivity index (χ0v) is 12.4. The standard InChI is InChI=1S/C14H17BrF3N/c1-19(9-10-3-2-4-10)13-6-5-11(8-15)7-12(13)14(16,17)18/h5-7,10H,2-4,8-9H2,1H3. The Morgan fingerprint density at radius 2 is 2.00 bits per heavy atom. The minimum absolute atomic E-state index is 0.282. The fourth-order valence-electron chi connectivity index (χ4n) is 2.39.